The van der Waals surface area contributed by atoms with Gasteiger partial charge in [-0.3, -0.25) is 19.3 Å². The van der Waals surface area contributed by atoms with Gasteiger partial charge in [0.15, 0.2) is 17.9 Å². The summed E-state index contributed by atoms with van der Waals surface area (Å²) in [5.41, 5.74) is 6.25. The second-order valence-electron chi connectivity index (χ2n) is 6.54. The van der Waals surface area contributed by atoms with Crippen molar-refractivity contribution in [1.82, 2.24) is 16.3 Å². The number of rotatable bonds is 12. The topological polar surface area (TPSA) is 171 Å². The summed E-state index contributed by atoms with van der Waals surface area (Å²) in [6, 6.07) is 3.18. The summed E-state index contributed by atoms with van der Waals surface area (Å²) in [5, 5.41) is 5.02. The van der Waals surface area contributed by atoms with Gasteiger partial charge in [0, 0.05) is 12.6 Å². The normalized spacial score (nSPS) is 19.2. The van der Waals surface area contributed by atoms with Crippen molar-refractivity contribution in [3.05, 3.63) is 30.1 Å². The van der Waals surface area contributed by atoms with Gasteiger partial charge in [0.1, 0.15) is 5.56 Å². The van der Waals surface area contributed by atoms with Gasteiger partial charge in [-0.15, -0.1) is 0 Å². The van der Waals surface area contributed by atoms with Gasteiger partial charge in [-0.25, -0.2) is 9.59 Å². The first kappa shape index (κ1) is 24.0. The Hall–Kier alpha value is -3.29. The molecule has 0 radical (unpaired) electrons. The Labute approximate surface area is 178 Å². The molecule has 1 aromatic heterocycles. The zero-order valence-corrected chi connectivity index (χ0v) is 17.2. The van der Waals surface area contributed by atoms with Crippen LogP contribution in [0.15, 0.2) is 24.5 Å². The zero-order valence-electron chi connectivity index (χ0n) is 17.2. The molecule has 1 heterocycles. The molecule has 0 bridgehead atoms. The molecule has 1 aromatic rings. The number of nitrogens with two attached hydrogens (primary N) is 1. The first-order valence-corrected chi connectivity index (χ1v) is 9.42. The quantitative estimate of drug-likeness (QED) is 0.128. The fraction of sp³-hybridized carbons (Fsp3) is 0.500. The van der Waals surface area contributed by atoms with Crippen molar-refractivity contribution in [3.63, 3.8) is 0 Å². The number of carbonyl (C=O) groups excluding carboxylic acids is 4. The molecule has 5 N–H and O–H groups in total. The van der Waals surface area contributed by atoms with Crippen LogP contribution >= 0.6 is 0 Å². The number of nitrogens with zero attached hydrogens (tertiary/aromatic N) is 1. The summed E-state index contributed by atoms with van der Waals surface area (Å²) >= 11 is 0. The maximum absolute atomic E-state index is 12.2. The molecule has 170 valence electrons. The first-order chi connectivity index (χ1) is 14.8. The molecule has 0 spiro atoms. The molecule has 13 heteroatoms. The standard InChI is InChI=1S/C18H25N5O8/c1-3-29-16(26)18(9-13(18)14(19)24)21-17(27)30-11-23-7-4-5-12(10-23)15(25)20-6-8-31-22-28-2/h4-5,7,10,13,22H,3,6,8-9,11H2,1-2H3,(H3-,19,20,21,24,25,27)/p+1. The van der Waals surface area contributed by atoms with Crippen LogP contribution in [-0.4, -0.2) is 56.3 Å². The number of amides is 3. The fourth-order valence-corrected chi connectivity index (χ4v) is 2.79. The predicted molar refractivity (Wildman–Crippen MR) is 101 cm³/mol. The number of alkyl carbamates (subject to hydrolysis) is 1. The Kier molecular flexibility index (Phi) is 8.66. The minimum absolute atomic E-state index is 0.0443. The number of carbonyl (C=O) groups is 4. The summed E-state index contributed by atoms with van der Waals surface area (Å²) in [6.07, 6.45) is 2.17. The van der Waals surface area contributed by atoms with Gasteiger partial charge < -0.3 is 25.8 Å². The number of hydrogen-bond donors (Lipinski definition) is 4. The van der Waals surface area contributed by atoms with E-state index in [0.717, 1.165) is 0 Å². The third kappa shape index (κ3) is 6.60. The van der Waals surface area contributed by atoms with E-state index in [1.165, 1.54) is 17.9 Å². The van der Waals surface area contributed by atoms with Gasteiger partial charge in [-0.05, 0) is 19.4 Å². The van der Waals surface area contributed by atoms with Crippen LogP contribution in [0.2, 0.25) is 0 Å². The Balaban J connectivity index is 1.87. The van der Waals surface area contributed by atoms with Gasteiger partial charge >= 0.3 is 12.1 Å². The lowest BCUT2D eigenvalue weighted by atomic mass is 10.2. The molecule has 2 atom stereocenters. The highest BCUT2D eigenvalue weighted by Gasteiger charge is 2.66. The lowest BCUT2D eigenvalue weighted by molar-refractivity contribution is -0.727. The molecule has 2 rings (SSSR count). The molecule has 3 amide bonds. The second-order valence-corrected chi connectivity index (χ2v) is 6.54. The maximum atomic E-state index is 12.2. The SMILES string of the molecule is CCOC(=O)C1(NC(=O)OC[n+]2cccc(C(=O)NCCONOC)c2)CC1C(N)=O. The van der Waals surface area contributed by atoms with Crippen LogP contribution in [0, 0.1) is 5.92 Å². The van der Waals surface area contributed by atoms with Crippen molar-refractivity contribution in [2.24, 2.45) is 11.7 Å². The molecular weight excluding hydrogens is 414 g/mol. The van der Waals surface area contributed by atoms with Crippen LogP contribution in [0.3, 0.4) is 0 Å². The van der Waals surface area contributed by atoms with E-state index < -0.39 is 29.4 Å². The minimum atomic E-state index is -1.51. The summed E-state index contributed by atoms with van der Waals surface area (Å²) in [4.78, 5) is 57.2. The molecule has 2 unspecified atom stereocenters. The summed E-state index contributed by atoms with van der Waals surface area (Å²) in [5.74, 6) is -2.68. The molecule has 13 nitrogen and oxygen atoms in total. The van der Waals surface area contributed by atoms with Crippen molar-refractivity contribution in [3.8, 4) is 0 Å². The van der Waals surface area contributed by atoms with E-state index in [9.17, 15) is 19.2 Å². The van der Waals surface area contributed by atoms with E-state index in [2.05, 4.69) is 21.1 Å². The highest BCUT2D eigenvalue weighted by Crippen LogP contribution is 2.44. The third-order valence-electron chi connectivity index (χ3n) is 4.37. The molecule has 1 saturated carbocycles. The lowest BCUT2D eigenvalue weighted by Crippen LogP contribution is -2.49. The summed E-state index contributed by atoms with van der Waals surface area (Å²) < 4.78 is 11.5. The van der Waals surface area contributed by atoms with Crippen molar-refractivity contribution >= 4 is 23.9 Å². The van der Waals surface area contributed by atoms with Crippen molar-refractivity contribution in [2.75, 3.05) is 26.9 Å². The van der Waals surface area contributed by atoms with Crippen LogP contribution < -0.4 is 26.6 Å². The van der Waals surface area contributed by atoms with E-state index in [1.807, 2.05) is 0 Å². The van der Waals surface area contributed by atoms with Crippen molar-refractivity contribution < 1.29 is 42.9 Å². The molecule has 0 aromatic carbocycles. The summed E-state index contributed by atoms with van der Waals surface area (Å²) in [6.45, 7) is 1.87. The Morgan fingerprint density at radius 3 is 2.71 bits per heavy atom. The average Bonchev–Trinajstić information content (AvgIpc) is 3.48. The van der Waals surface area contributed by atoms with Crippen LogP contribution in [0.5, 0.6) is 0 Å². The highest BCUT2D eigenvalue weighted by atomic mass is 16.9. The zero-order chi connectivity index (χ0) is 22.9. The van der Waals surface area contributed by atoms with Gasteiger partial charge in [0.2, 0.25) is 5.91 Å². The number of pyridine rings is 1. The van der Waals surface area contributed by atoms with E-state index in [1.54, 1.807) is 25.3 Å². The van der Waals surface area contributed by atoms with E-state index in [-0.39, 0.29) is 38.8 Å². The summed E-state index contributed by atoms with van der Waals surface area (Å²) in [7, 11) is 1.39. The number of primary amides is 1. The number of nitrogens with one attached hydrogen (secondary N) is 3. The third-order valence-corrected chi connectivity index (χ3v) is 4.37. The van der Waals surface area contributed by atoms with Crippen molar-refractivity contribution in [1.29, 1.82) is 0 Å². The predicted octanol–water partition coefficient (Wildman–Crippen LogP) is -1.72. The highest BCUT2D eigenvalue weighted by molar-refractivity contribution is 5.98. The smallest absolute Gasteiger partial charge is 0.412 e. The second kappa shape index (κ2) is 11.2. The lowest BCUT2D eigenvalue weighted by Gasteiger charge is -2.16. The van der Waals surface area contributed by atoms with Gasteiger partial charge in [-0.2, -0.15) is 4.57 Å². The van der Waals surface area contributed by atoms with Crippen LogP contribution in [0.4, 0.5) is 4.79 Å². The Bertz CT molecular complexity index is 820. The van der Waals surface area contributed by atoms with Gasteiger partial charge in [0.25, 0.3) is 12.6 Å². The fourth-order valence-electron chi connectivity index (χ4n) is 2.79. The number of ether oxygens (including phenoxy) is 2. The van der Waals surface area contributed by atoms with Crippen molar-refractivity contribution in [2.45, 2.75) is 25.6 Å². The number of esters is 1. The molecule has 31 heavy (non-hydrogen) atoms. The first-order valence-electron chi connectivity index (χ1n) is 9.42. The molecule has 0 saturated heterocycles. The van der Waals surface area contributed by atoms with Crippen LogP contribution in [0.1, 0.15) is 23.7 Å². The maximum Gasteiger partial charge on any atom is 0.412 e. The Morgan fingerprint density at radius 1 is 1.29 bits per heavy atom. The van der Waals surface area contributed by atoms with Crippen LogP contribution in [0.25, 0.3) is 0 Å². The molecular formula is C18H26N5O8+. The van der Waals surface area contributed by atoms with Crippen LogP contribution in [-0.2, 0) is 35.5 Å². The Morgan fingerprint density at radius 2 is 2.06 bits per heavy atom. The molecule has 1 aliphatic carbocycles. The minimum Gasteiger partial charge on any atom is -0.464 e. The van der Waals surface area contributed by atoms with E-state index in [0.29, 0.717) is 5.56 Å². The van der Waals surface area contributed by atoms with Gasteiger partial charge in [-0.1, -0.05) is 5.64 Å². The average molecular weight is 440 g/mol. The molecule has 1 aliphatic rings. The van der Waals surface area contributed by atoms with Gasteiger partial charge in [0.05, 0.1) is 26.2 Å². The largest absolute Gasteiger partial charge is 0.464 e. The van der Waals surface area contributed by atoms with E-state index in [4.69, 9.17) is 20.0 Å². The molecule has 1 fully saturated rings. The van der Waals surface area contributed by atoms with E-state index >= 15 is 0 Å². The number of hydrogen-bond acceptors (Lipinski definition) is 9. The molecule has 0 aliphatic heterocycles. The monoisotopic (exact) mass is 440 g/mol. The number of aromatic nitrogens is 1.